The van der Waals surface area contributed by atoms with Crippen molar-refractivity contribution in [1.29, 1.82) is 0 Å². The average molecular weight is 733 g/mol. The van der Waals surface area contributed by atoms with E-state index in [9.17, 15) is 33.7 Å². The summed E-state index contributed by atoms with van der Waals surface area (Å²) in [6, 6.07) is 16.0. The van der Waals surface area contributed by atoms with E-state index in [2.05, 4.69) is 15.2 Å². The Morgan fingerprint density at radius 1 is 0.943 bits per heavy atom. The van der Waals surface area contributed by atoms with Gasteiger partial charge in [0, 0.05) is 30.6 Å². The molecule has 1 unspecified atom stereocenters. The Morgan fingerprint density at radius 2 is 1.66 bits per heavy atom. The molecule has 0 saturated carbocycles. The van der Waals surface area contributed by atoms with E-state index in [1.54, 1.807) is 12.1 Å². The van der Waals surface area contributed by atoms with Crippen LogP contribution in [0.4, 0.5) is 19.3 Å². The SMILES string of the molecule is O=C(O)N(c1cc(F)cc(F)c1)[C@@H](c1cccc(OCCCCCCCCCNC[C@H](O)c2ccc(O)c3[nH]c(=O)ccc23)c1)C1CN2CCC1CC2. The van der Waals surface area contributed by atoms with Crippen molar-refractivity contribution in [2.45, 2.75) is 69.9 Å². The van der Waals surface area contributed by atoms with Crippen molar-refractivity contribution in [3.05, 3.63) is 99.8 Å². The molecule has 0 spiro atoms. The zero-order valence-corrected chi connectivity index (χ0v) is 30.0. The highest BCUT2D eigenvalue weighted by atomic mass is 19.1. The first-order valence-electron chi connectivity index (χ1n) is 18.8. The first-order chi connectivity index (χ1) is 25.7. The molecule has 3 aromatic carbocycles. The maximum absolute atomic E-state index is 14.3. The number of benzene rings is 3. The van der Waals surface area contributed by atoms with Gasteiger partial charge in [-0.25, -0.2) is 13.6 Å². The first kappa shape index (κ1) is 38.2. The number of rotatable bonds is 18. The number of fused-ring (bicyclic) bond motifs is 4. The first-order valence-corrected chi connectivity index (χ1v) is 18.8. The number of phenolic OH excluding ortho intramolecular Hbond substituents is 1. The van der Waals surface area contributed by atoms with E-state index < -0.39 is 29.9 Å². The van der Waals surface area contributed by atoms with Gasteiger partial charge >= 0.3 is 6.09 Å². The molecule has 1 amide bonds. The van der Waals surface area contributed by atoms with Crippen LogP contribution in [0.1, 0.15) is 81.1 Å². The summed E-state index contributed by atoms with van der Waals surface area (Å²) in [7, 11) is 0. The molecule has 3 aliphatic rings. The number of nitrogens with zero attached hydrogens (tertiary/aromatic N) is 2. The van der Waals surface area contributed by atoms with Crippen LogP contribution in [0.3, 0.4) is 0 Å². The number of aromatic amines is 1. The van der Waals surface area contributed by atoms with E-state index in [-0.39, 0.29) is 22.9 Å². The number of pyridine rings is 1. The number of unbranched alkanes of at least 4 members (excludes halogenated alkanes) is 6. The van der Waals surface area contributed by atoms with Crippen molar-refractivity contribution in [3.63, 3.8) is 0 Å². The topological polar surface area (TPSA) is 138 Å². The lowest BCUT2D eigenvalue weighted by Crippen LogP contribution is -2.53. The third-order valence-corrected chi connectivity index (χ3v) is 10.8. The fraction of sp³-hybridized carbons (Fsp3) is 0.463. The Hall–Kier alpha value is -4.52. The minimum atomic E-state index is -1.25. The van der Waals surface area contributed by atoms with Crippen molar-refractivity contribution in [2.24, 2.45) is 11.8 Å². The number of piperidine rings is 3. The van der Waals surface area contributed by atoms with Crippen molar-refractivity contribution in [2.75, 3.05) is 44.2 Å². The van der Waals surface area contributed by atoms with Crippen LogP contribution in [0.2, 0.25) is 0 Å². The Morgan fingerprint density at radius 3 is 2.36 bits per heavy atom. The molecule has 2 bridgehead atoms. The van der Waals surface area contributed by atoms with Gasteiger partial charge in [-0.15, -0.1) is 0 Å². The molecule has 4 heterocycles. The van der Waals surface area contributed by atoms with Crippen LogP contribution >= 0.6 is 0 Å². The standard InChI is InChI=1S/C41H50F2N4O6/c42-29-22-30(43)24-31(23-29)47(41(51)52)40(35-26-46-18-15-27(35)16-19-46)28-9-8-10-32(21-28)53-20-7-5-3-1-2-4-6-17-44-25-37(49)33-11-13-36(48)39-34(33)12-14-38(50)45-39/h8-14,21-24,27,35,37,40,44,48-49H,1-7,15-20,25-26H2,(H,45,50)(H,51,52)/t35?,37-,40-/m0/s1. The second kappa shape index (κ2) is 18.0. The molecule has 10 nitrogen and oxygen atoms in total. The van der Waals surface area contributed by atoms with Crippen LogP contribution in [0.15, 0.2) is 71.5 Å². The van der Waals surface area contributed by atoms with Crippen molar-refractivity contribution >= 4 is 22.7 Å². The van der Waals surface area contributed by atoms with Crippen molar-refractivity contribution < 1.29 is 33.6 Å². The molecule has 3 saturated heterocycles. The number of phenols is 1. The second-order valence-corrected chi connectivity index (χ2v) is 14.4. The number of halogens is 2. The smallest absolute Gasteiger partial charge is 0.412 e. The molecule has 0 radical (unpaired) electrons. The summed E-state index contributed by atoms with van der Waals surface area (Å²) in [4.78, 5) is 30.6. The lowest BCUT2D eigenvalue weighted by Gasteiger charge is -2.49. The fourth-order valence-electron chi connectivity index (χ4n) is 8.14. The summed E-state index contributed by atoms with van der Waals surface area (Å²) in [6.07, 6.45) is 7.20. The molecule has 3 atom stereocenters. The number of aliphatic hydroxyl groups excluding tert-OH is 1. The molecule has 0 aliphatic carbocycles. The minimum absolute atomic E-state index is 0.0161. The second-order valence-electron chi connectivity index (χ2n) is 14.4. The lowest BCUT2D eigenvalue weighted by atomic mass is 9.73. The number of carboxylic acid groups (broad SMARTS) is 1. The highest BCUT2D eigenvalue weighted by Crippen LogP contribution is 2.45. The summed E-state index contributed by atoms with van der Waals surface area (Å²) in [5.41, 5.74) is 1.40. The van der Waals surface area contributed by atoms with Gasteiger partial charge in [-0.05, 0) is 105 Å². The van der Waals surface area contributed by atoms with E-state index >= 15 is 0 Å². The largest absolute Gasteiger partial charge is 0.506 e. The highest BCUT2D eigenvalue weighted by molar-refractivity contribution is 5.88. The highest BCUT2D eigenvalue weighted by Gasteiger charge is 2.43. The number of hydrogen-bond donors (Lipinski definition) is 5. The van der Waals surface area contributed by atoms with Gasteiger partial charge in [0.25, 0.3) is 0 Å². The maximum Gasteiger partial charge on any atom is 0.412 e. The monoisotopic (exact) mass is 732 g/mol. The summed E-state index contributed by atoms with van der Waals surface area (Å²) in [5, 5.41) is 35.1. The van der Waals surface area contributed by atoms with Gasteiger partial charge in [-0.2, -0.15) is 0 Å². The fourth-order valence-corrected chi connectivity index (χ4v) is 8.14. The van der Waals surface area contributed by atoms with E-state index in [0.29, 0.717) is 41.3 Å². The van der Waals surface area contributed by atoms with Gasteiger partial charge < -0.3 is 35.3 Å². The van der Waals surface area contributed by atoms with Gasteiger partial charge in [0.15, 0.2) is 0 Å². The molecule has 3 aliphatic heterocycles. The van der Waals surface area contributed by atoms with Crippen LogP contribution in [0.25, 0.3) is 10.9 Å². The molecular formula is C41H50F2N4O6. The van der Waals surface area contributed by atoms with Gasteiger partial charge in [-0.3, -0.25) is 9.69 Å². The summed E-state index contributed by atoms with van der Waals surface area (Å²) in [5.74, 6) is -0.733. The normalized spacial score (nSPS) is 19.3. The number of amides is 1. The van der Waals surface area contributed by atoms with Gasteiger partial charge in [0.1, 0.15) is 23.1 Å². The molecule has 284 valence electrons. The zero-order chi connectivity index (χ0) is 37.3. The third kappa shape index (κ3) is 9.73. The van der Waals surface area contributed by atoms with Crippen LogP contribution in [-0.2, 0) is 0 Å². The van der Waals surface area contributed by atoms with Crippen molar-refractivity contribution in [1.82, 2.24) is 15.2 Å². The summed E-state index contributed by atoms with van der Waals surface area (Å²) in [6.45, 7) is 4.37. The number of anilines is 1. The predicted molar refractivity (Wildman–Crippen MR) is 201 cm³/mol. The van der Waals surface area contributed by atoms with Crippen LogP contribution in [0.5, 0.6) is 11.5 Å². The number of aromatic nitrogens is 1. The Labute approximate surface area is 308 Å². The molecule has 1 aromatic heterocycles. The van der Waals surface area contributed by atoms with Gasteiger partial charge in [0.05, 0.1) is 30.0 Å². The van der Waals surface area contributed by atoms with Crippen LogP contribution in [-0.4, -0.2) is 70.6 Å². The number of hydrogen-bond acceptors (Lipinski definition) is 7. The predicted octanol–water partition coefficient (Wildman–Crippen LogP) is 7.51. The Kier molecular flexibility index (Phi) is 13.0. The van der Waals surface area contributed by atoms with Crippen LogP contribution in [0, 0.1) is 23.5 Å². The molecule has 5 N–H and O–H groups in total. The number of carbonyl (C=O) groups is 1. The zero-order valence-electron chi connectivity index (χ0n) is 30.0. The number of H-pyrrole nitrogens is 1. The van der Waals surface area contributed by atoms with Gasteiger partial charge in [-0.1, -0.05) is 50.3 Å². The Bertz CT molecular complexity index is 1880. The molecular weight excluding hydrogens is 682 g/mol. The number of nitrogens with one attached hydrogen (secondary N) is 2. The third-order valence-electron chi connectivity index (χ3n) is 10.8. The van der Waals surface area contributed by atoms with E-state index in [1.165, 1.54) is 12.1 Å². The molecule has 12 heteroatoms. The molecule has 4 aromatic rings. The average Bonchev–Trinajstić information content (AvgIpc) is 3.14. The number of aliphatic hydroxyl groups is 1. The Balaban J connectivity index is 0.930. The van der Waals surface area contributed by atoms with Gasteiger partial charge in [0.2, 0.25) is 5.56 Å². The number of aromatic hydroxyl groups is 1. The minimum Gasteiger partial charge on any atom is -0.506 e. The molecule has 3 fully saturated rings. The lowest BCUT2D eigenvalue weighted by molar-refractivity contribution is 0.0358. The molecule has 53 heavy (non-hydrogen) atoms. The van der Waals surface area contributed by atoms with Crippen LogP contribution < -0.4 is 20.5 Å². The van der Waals surface area contributed by atoms with E-state index in [0.717, 1.165) is 113 Å². The molecule has 7 rings (SSSR count). The van der Waals surface area contributed by atoms with Crippen molar-refractivity contribution in [3.8, 4) is 11.5 Å². The maximum atomic E-state index is 14.3. The van der Waals surface area contributed by atoms with E-state index in [4.69, 9.17) is 4.74 Å². The number of ether oxygens (including phenoxy) is 1. The quantitative estimate of drug-likeness (QED) is 0.0663. The summed E-state index contributed by atoms with van der Waals surface area (Å²) < 4.78 is 34.8. The summed E-state index contributed by atoms with van der Waals surface area (Å²) >= 11 is 0. The van der Waals surface area contributed by atoms with E-state index in [1.807, 2.05) is 24.3 Å².